The minimum Gasteiger partial charge on any atom is -0.267 e. The third kappa shape index (κ3) is 4.57. The molecule has 3 nitrogen and oxygen atoms in total. The molecule has 1 amide bonds. The first kappa shape index (κ1) is 13.7. The van der Waals surface area contributed by atoms with Gasteiger partial charge in [0.25, 0.3) is 5.91 Å². The maximum atomic E-state index is 11.7. The van der Waals surface area contributed by atoms with Crippen LogP contribution in [0.15, 0.2) is 29.4 Å². The fraction of sp³-hybridized carbons (Fsp3) is 0.385. The van der Waals surface area contributed by atoms with Gasteiger partial charge >= 0.3 is 0 Å². The number of halogens is 1. The third-order valence-corrected chi connectivity index (χ3v) is 2.69. The van der Waals surface area contributed by atoms with Gasteiger partial charge in [-0.05, 0) is 31.9 Å². The van der Waals surface area contributed by atoms with E-state index in [1.807, 2.05) is 6.92 Å². The number of amides is 1. The number of hydrogen-bond donors (Lipinski definition) is 1. The minimum absolute atomic E-state index is 0.272. The summed E-state index contributed by atoms with van der Waals surface area (Å²) in [5, 5.41) is 4.47. The number of benzene rings is 1. The van der Waals surface area contributed by atoms with E-state index >= 15 is 0 Å². The van der Waals surface area contributed by atoms with Crippen molar-refractivity contribution in [2.24, 2.45) is 5.10 Å². The van der Waals surface area contributed by atoms with E-state index < -0.39 is 0 Å². The number of hydrazone groups is 1. The second-order valence-corrected chi connectivity index (χ2v) is 4.28. The van der Waals surface area contributed by atoms with Crippen LogP contribution in [-0.2, 0) is 0 Å². The maximum Gasteiger partial charge on any atom is 0.272 e. The van der Waals surface area contributed by atoms with Gasteiger partial charge in [-0.3, -0.25) is 4.79 Å². The normalized spacial score (nSPS) is 11.4. The Hall–Kier alpha value is -1.35. The van der Waals surface area contributed by atoms with Gasteiger partial charge < -0.3 is 0 Å². The number of unbranched alkanes of at least 4 members (excludes halogenated alkanes) is 1. The van der Waals surface area contributed by atoms with Crippen molar-refractivity contribution in [2.75, 3.05) is 0 Å². The Morgan fingerprint density at radius 3 is 2.76 bits per heavy atom. The van der Waals surface area contributed by atoms with Crippen molar-refractivity contribution in [1.29, 1.82) is 0 Å². The quantitative estimate of drug-likeness (QED) is 0.631. The van der Waals surface area contributed by atoms with E-state index in [2.05, 4.69) is 17.5 Å². The second kappa shape index (κ2) is 7.07. The molecule has 0 saturated heterocycles. The molecular formula is C13H17ClN2O. The molecule has 92 valence electrons. The van der Waals surface area contributed by atoms with E-state index in [0.29, 0.717) is 10.6 Å². The molecule has 0 aliphatic carbocycles. The number of carbonyl (C=O) groups excluding carboxylic acids is 1. The maximum absolute atomic E-state index is 11.7. The van der Waals surface area contributed by atoms with Gasteiger partial charge in [0.1, 0.15) is 0 Å². The highest BCUT2D eigenvalue weighted by Crippen LogP contribution is 2.14. The Morgan fingerprint density at radius 2 is 2.12 bits per heavy atom. The molecule has 0 radical (unpaired) electrons. The summed E-state index contributed by atoms with van der Waals surface area (Å²) in [6.07, 6.45) is 3.10. The summed E-state index contributed by atoms with van der Waals surface area (Å²) in [5.74, 6) is -0.272. The SMILES string of the molecule is CCCC/C(C)=N/NC(=O)c1ccccc1Cl. The van der Waals surface area contributed by atoms with Crippen molar-refractivity contribution in [3.05, 3.63) is 34.9 Å². The molecule has 0 aromatic heterocycles. The summed E-state index contributed by atoms with van der Waals surface area (Å²) in [5.41, 5.74) is 3.88. The molecule has 0 unspecified atom stereocenters. The van der Waals surface area contributed by atoms with Gasteiger partial charge in [-0.15, -0.1) is 0 Å². The summed E-state index contributed by atoms with van der Waals surface area (Å²) in [7, 11) is 0. The third-order valence-electron chi connectivity index (χ3n) is 2.36. The molecule has 1 aromatic rings. The Balaban J connectivity index is 2.58. The molecule has 0 spiro atoms. The molecule has 0 aliphatic rings. The van der Waals surface area contributed by atoms with E-state index in [9.17, 15) is 4.79 Å². The van der Waals surface area contributed by atoms with Crippen LogP contribution in [0.4, 0.5) is 0 Å². The summed E-state index contributed by atoms with van der Waals surface area (Å²) in [6.45, 7) is 4.03. The average molecular weight is 253 g/mol. The van der Waals surface area contributed by atoms with Gasteiger partial charge in [-0.2, -0.15) is 5.10 Å². The second-order valence-electron chi connectivity index (χ2n) is 3.87. The Morgan fingerprint density at radius 1 is 1.41 bits per heavy atom. The van der Waals surface area contributed by atoms with E-state index in [1.54, 1.807) is 24.3 Å². The van der Waals surface area contributed by atoms with Crippen molar-refractivity contribution in [3.63, 3.8) is 0 Å². The molecule has 0 fully saturated rings. The molecule has 17 heavy (non-hydrogen) atoms. The Bertz CT molecular complexity index is 416. The number of carbonyl (C=O) groups is 1. The molecule has 0 atom stereocenters. The van der Waals surface area contributed by atoms with Crippen molar-refractivity contribution >= 4 is 23.2 Å². The van der Waals surface area contributed by atoms with Crippen LogP contribution >= 0.6 is 11.6 Å². The predicted octanol–water partition coefficient (Wildman–Crippen LogP) is 3.64. The lowest BCUT2D eigenvalue weighted by atomic mass is 10.2. The smallest absolute Gasteiger partial charge is 0.267 e. The Kier molecular flexibility index (Phi) is 5.70. The highest BCUT2D eigenvalue weighted by molar-refractivity contribution is 6.33. The predicted molar refractivity (Wildman–Crippen MR) is 71.6 cm³/mol. The average Bonchev–Trinajstić information content (AvgIpc) is 2.34. The highest BCUT2D eigenvalue weighted by atomic mass is 35.5. The lowest BCUT2D eigenvalue weighted by molar-refractivity contribution is 0.0955. The molecule has 4 heteroatoms. The fourth-order valence-corrected chi connectivity index (χ4v) is 1.56. The van der Waals surface area contributed by atoms with Crippen LogP contribution in [0.5, 0.6) is 0 Å². The first-order chi connectivity index (χ1) is 8.15. The zero-order chi connectivity index (χ0) is 12.7. The van der Waals surface area contributed by atoms with Crippen molar-refractivity contribution in [3.8, 4) is 0 Å². The van der Waals surface area contributed by atoms with Crippen LogP contribution in [0.3, 0.4) is 0 Å². The molecule has 1 N–H and O–H groups in total. The van der Waals surface area contributed by atoms with Crippen LogP contribution in [0.2, 0.25) is 5.02 Å². The molecule has 0 bridgehead atoms. The standard InChI is InChI=1S/C13H17ClN2O/c1-3-4-7-10(2)15-16-13(17)11-8-5-6-9-12(11)14/h5-6,8-9H,3-4,7H2,1-2H3,(H,16,17)/b15-10+. The molecular weight excluding hydrogens is 236 g/mol. The van der Waals surface area contributed by atoms with Gasteiger partial charge in [-0.1, -0.05) is 37.1 Å². The van der Waals surface area contributed by atoms with Gasteiger partial charge in [0, 0.05) is 5.71 Å². The van der Waals surface area contributed by atoms with Gasteiger partial charge in [-0.25, -0.2) is 5.43 Å². The van der Waals surface area contributed by atoms with Crippen molar-refractivity contribution in [2.45, 2.75) is 33.1 Å². The molecule has 0 heterocycles. The first-order valence-electron chi connectivity index (χ1n) is 5.73. The lowest BCUT2D eigenvalue weighted by Gasteiger charge is -2.03. The molecule has 0 saturated carbocycles. The first-order valence-corrected chi connectivity index (χ1v) is 6.11. The van der Waals surface area contributed by atoms with Crippen LogP contribution in [-0.4, -0.2) is 11.6 Å². The number of nitrogens with one attached hydrogen (secondary N) is 1. The van der Waals surface area contributed by atoms with Crippen LogP contribution < -0.4 is 5.43 Å². The van der Waals surface area contributed by atoms with Crippen LogP contribution in [0.1, 0.15) is 43.5 Å². The molecule has 0 aliphatic heterocycles. The van der Waals surface area contributed by atoms with E-state index in [1.165, 1.54) is 0 Å². The zero-order valence-corrected chi connectivity index (χ0v) is 10.9. The lowest BCUT2D eigenvalue weighted by Crippen LogP contribution is -2.19. The largest absolute Gasteiger partial charge is 0.272 e. The van der Waals surface area contributed by atoms with Gasteiger partial charge in [0.2, 0.25) is 0 Å². The van der Waals surface area contributed by atoms with E-state index in [0.717, 1.165) is 25.0 Å². The summed E-state index contributed by atoms with van der Waals surface area (Å²) in [6, 6.07) is 6.92. The highest BCUT2D eigenvalue weighted by Gasteiger charge is 2.07. The number of rotatable bonds is 5. The number of nitrogens with zero attached hydrogens (tertiary/aromatic N) is 1. The topological polar surface area (TPSA) is 41.5 Å². The Labute approximate surface area is 107 Å². The zero-order valence-electron chi connectivity index (χ0n) is 10.2. The summed E-state index contributed by atoms with van der Waals surface area (Å²) < 4.78 is 0. The van der Waals surface area contributed by atoms with Crippen LogP contribution in [0, 0.1) is 0 Å². The summed E-state index contributed by atoms with van der Waals surface area (Å²) >= 11 is 5.91. The molecule has 1 rings (SSSR count). The van der Waals surface area contributed by atoms with E-state index in [4.69, 9.17) is 11.6 Å². The van der Waals surface area contributed by atoms with Gasteiger partial charge in [0.05, 0.1) is 10.6 Å². The van der Waals surface area contributed by atoms with Crippen molar-refractivity contribution < 1.29 is 4.79 Å². The number of hydrogen-bond acceptors (Lipinski definition) is 2. The monoisotopic (exact) mass is 252 g/mol. The fourth-order valence-electron chi connectivity index (χ4n) is 1.34. The molecule has 1 aromatic carbocycles. The van der Waals surface area contributed by atoms with Crippen LogP contribution in [0.25, 0.3) is 0 Å². The van der Waals surface area contributed by atoms with Crippen molar-refractivity contribution in [1.82, 2.24) is 5.43 Å². The van der Waals surface area contributed by atoms with E-state index in [-0.39, 0.29) is 5.91 Å². The minimum atomic E-state index is -0.272. The summed E-state index contributed by atoms with van der Waals surface area (Å²) in [4.78, 5) is 11.7. The van der Waals surface area contributed by atoms with Gasteiger partial charge in [0.15, 0.2) is 0 Å².